The molecule has 5 heteroatoms. The van der Waals surface area contributed by atoms with Crippen LogP contribution in [-0.2, 0) is 4.79 Å². The predicted molar refractivity (Wildman–Crippen MR) is 89.2 cm³/mol. The van der Waals surface area contributed by atoms with Gasteiger partial charge in [0, 0.05) is 0 Å². The van der Waals surface area contributed by atoms with Gasteiger partial charge >= 0.3 is 0 Å². The van der Waals surface area contributed by atoms with Crippen molar-refractivity contribution in [3.05, 3.63) is 67.8 Å². The minimum absolute atomic E-state index is 0.187. The zero-order valence-corrected chi connectivity index (χ0v) is 13.1. The average Bonchev–Trinajstić information content (AvgIpc) is 2.82. The van der Waals surface area contributed by atoms with Crippen LogP contribution in [0.25, 0.3) is 12.2 Å². The maximum Gasteiger partial charge on any atom is 0.188 e. The number of hydrogen-bond donors (Lipinski definition) is 0. The number of hydrogen-bond acceptors (Lipinski definition) is 3. The molecule has 0 N–H and O–H groups in total. The fourth-order valence-electron chi connectivity index (χ4n) is 1.64. The molecule has 0 aliphatic heterocycles. The first-order valence-electron chi connectivity index (χ1n) is 5.99. The molecular formula is C16H10Cl2O2S. The van der Waals surface area contributed by atoms with Gasteiger partial charge < -0.3 is 0 Å². The first-order valence-corrected chi connectivity index (χ1v) is 7.56. The quantitative estimate of drug-likeness (QED) is 0.429. The third-order valence-electron chi connectivity index (χ3n) is 2.65. The van der Waals surface area contributed by atoms with Crippen LogP contribution in [0.3, 0.4) is 0 Å². The summed E-state index contributed by atoms with van der Waals surface area (Å²) in [6.07, 6.45) is 7.02. The van der Waals surface area contributed by atoms with E-state index < -0.39 is 0 Å². The van der Waals surface area contributed by atoms with Crippen LogP contribution in [0.1, 0.15) is 21.5 Å². The molecule has 0 saturated heterocycles. The van der Waals surface area contributed by atoms with Crippen molar-refractivity contribution in [1.82, 2.24) is 0 Å². The number of ketones is 1. The second-order valence-electron chi connectivity index (χ2n) is 4.10. The van der Waals surface area contributed by atoms with Crippen molar-refractivity contribution in [3.63, 3.8) is 0 Å². The lowest BCUT2D eigenvalue weighted by Crippen LogP contribution is -1.91. The molecule has 1 heterocycles. The molecule has 106 valence electrons. The summed E-state index contributed by atoms with van der Waals surface area (Å²) in [7, 11) is 0. The van der Waals surface area contributed by atoms with Crippen molar-refractivity contribution >= 4 is 58.8 Å². The largest absolute Gasteiger partial charge is 0.299 e. The Kier molecular flexibility index (Phi) is 5.51. The molecule has 1 aromatic heterocycles. The van der Waals surface area contributed by atoms with Crippen LogP contribution in [0.4, 0.5) is 0 Å². The van der Waals surface area contributed by atoms with Crippen molar-refractivity contribution in [2.75, 3.05) is 0 Å². The van der Waals surface area contributed by atoms with Crippen molar-refractivity contribution in [3.8, 4) is 0 Å². The molecule has 21 heavy (non-hydrogen) atoms. The Labute approximate surface area is 136 Å². The Balaban J connectivity index is 2.10. The van der Waals surface area contributed by atoms with Gasteiger partial charge in [0.1, 0.15) is 10.6 Å². The number of rotatable bonds is 5. The van der Waals surface area contributed by atoms with E-state index >= 15 is 0 Å². The third-order valence-corrected chi connectivity index (χ3v) is 4.14. The minimum atomic E-state index is -0.187. The highest BCUT2D eigenvalue weighted by molar-refractivity contribution is 7.20. The first-order chi connectivity index (χ1) is 10.1. The number of aldehydes is 1. The van der Waals surface area contributed by atoms with Crippen LogP contribution < -0.4 is 0 Å². The molecule has 0 saturated carbocycles. The van der Waals surface area contributed by atoms with E-state index in [1.54, 1.807) is 18.2 Å². The Morgan fingerprint density at radius 3 is 2.19 bits per heavy atom. The Hall–Kier alpha value is -1.68. The molecule has 0 amide bonds. The van der Waals surface area contributed by atoms with E-state index in [2.05, 4.69) is 0 Å². The van der Waals surface area contributed by atoms with Gasteiger partial charge in [-0.25, -0.2) is 0 Å². The van der Waals surface area contributed by atoms with Crippen molar-refractivity contribution < 1.29 is 9.59 Å². The Bertz CT molecular complexity index is 712. The number of thiophene rings is 1. The molecule has 0 unspecified atom stereocenters. The summed E-state index contributed by atoms with van der Waals surface area (Å²) in [6.45, 7) is 0. The maximum atomic E-state index is 12.0. The molecule has 2 nitrogen and oxygen atoms in total. The number of carbonyl (C=O) groups excluding carboxylic acids is 2. The fraction of sp³-hybridized carbons (Fsp3) is 0. The smallest absolute Gasteiger partial charge is 0.188 e. The normalized spacial score (nSPS) is 11.3. The van der Waals surface area contributed by atoms with E-state index in [4.69, 9.17) is 23.2 Å². The summed E-state index contributed by atoms with van der Waals surface area (Å²) in [6, 6.07) is 9.00. The van der Waals surface area contributed by atoms with Gasteiger partial charge in [-0.3, -0.25) is 9.59 Å². The average molecular weight is 337 g/mol. The lowest BCUT2D eigenvalue weighted by Gasteiger charge is -1.96. The highest BCUT2D eigenvalue weighted by Gasteiger charge is 2.11. The van der Waals surface area contributed by atoms with Crippen LogP contribution in [0, 0.1) is 0 Å². The number of halogens is 2. The standard InChI is InChI=1S/C16H10Cl2O2S/c17-15-10-13(16(18)21-15)14(20)8-7-12-5-3-11(4-6-12)2-1-9-19/h1-10H/b2-1+,8-7+. The number of benzene rings is 1. The van der Waals surface area contributed by atoms with E-state index in [0.29, 0.717) is 14.2 Å². The first kappa shape index (κ1) is 15.7. The summed E-state index contributed by atoms with van der Waals surface area (Å²) in [5.41, 5.74) is 2.20. The molecular weight excluding hydrogens is 327 g/mol. The summed E-state index contributed by atoms with van der Waals surface area (Å²) in [5.74, 6) is -0.187. The van der Waals surface area contributed by atoms with E-state index in [1.165, 1.54) is 23.5 Å². The topological polar surface area (TPSA) is 34.1 Å². The van der Waals surface area contributed by atoms with Crippen LogP contribution in [0.2, 0.25) is 8.67 Å². The molecule has 0 aliphatic rings. The minimum Gasteiger partial charge on any atom is -0.299 e. The molecule has 2 aromatic rings. The number of allylic oxidation sites excluding steroid dienone is 2. The predicted octanol–water partition coefficient (Wildman–Crippen LogP) is 5.16. The molecule has 0 atom stereocenters. The van der Waals surface area contributed by atoms with E-state index in [-0.39, 0.29) is 5.78 Å². The van der Waals surface area contributed by atoms with Crippen LogP contribution in [0.5, 0.6) is 0 Å². The van der Waals surface area contributed by atoms with E-state index in [9.17, 15) is 9.59 Å². The lowest BCUT2D eigenvalue weighted by atomic mass is 10.1. The van der Waals surface area contributed by atoms with Crippen molar-refractivity contribution in [2.45, 2.75) is 0 Å². The highest BCUT2D eigenvalue weighted by Crippen LogP contribution is 2.31. The fourth-order valence-corrected chi connectivity index (χ4v) is 3.11. The maximum absolute atomic E-state index is 12.0. The SMILES string of the molecule is O=C/C=C/c1ccc(/C=C/C(=O)c2cc(Cl)sc2Cl)cc1. The van der Waals surface area contributed by atoms with Gasteiger partial charge in [-0.05, 0) is 29.3 Å². The molecule has 0 radical (unpaired) electrons. The van der Waals surface area contributed by atoms with Gasteiger partial charge in [-0.2, -0.15) is 0 Å². The summed E-state index contributed by atoms with van der Waals surface area (Å²) < 4.78 is 0.882. The monoisotopic (exact) mass is 336 g/mol. The van der Waals surface area contributed by atoms with Crippen LogP contribution in [0.15, 0.2) is 42.5 Å². The molecule has 0 spiro atoms. The Morgan fingerprint density at radius 1 is 1.05 bits per heavy atom. The molecule has 0 bridgehead atoms. The van der Waals surface area contributed by atoms with E-state index in [1.807, 2.05) is 24.3 Å². The van der Waals surface area contributed by atoms with E-state index in [0.717, 1.165) is 17.4 Å². The summed E-state index contributed by atoms with van der Waals surface area (Å²) in [5, 5.41) is 0. The van der Waals surface area contributed by atoms with Crippen LogP contribution in [-0.4, -0.2) is 12.1 Å². The lowest BCUT2D eigenvalue weighted by molar-refractivity contribution is -0.104. The highest BCUT2D eigenvalue weighted by atomic mass is 35.5. The molecule has 0 aliphatic carbocycles. The van der Waals surface area contributed by atoms with Gasteiger partial charge in [0.05, 0.1) is 9.90 Å². The van der Waals surface area contributed by atoms with Crippen molar-refractivity contribution in [1.29, 1.82) is 0 Å². The summed E-state index contributed by atoms with van der Waals surface area (Å²) in [4.78, 5) is 22.2. The molecule has 2 rings (SSSR count). The molecule has 1 aromatic carbocycles. The zero-order chi connectivity index (χ0) is 15.2. The number of carbonyl (C=O) groups is 2. The third kappa shape index (κ3) is 4.39. The second kappa shape index (κ2) is 7.36. The zero-order valence-electron chi connectivity index (χ0n) is 10.8. The van der Waals surface area contributed by atoms with Gasteiger partial charge in [0.2, 0.25) is 0 Å². The van der Waals surface area contributed by atoms with Crippen LogP contribution >= 0.6 is 34.5 Å². The van der Waals surface area contributed by atoms with Gasteiger partial charge in [-0.15, -0.1) is 11.3 Å². The van der Waals surface area contributed by atoms with Crippen molar-refractivity contribution in [2.24, 2.45) is 0 Å². The second-order valence-corrected chi connectivity index (χ2v) is 6.38. The van der Waals surface area contributed by atoms with Gasteiger partial charge in [0.25, 0.3) is 0 Å². The summed E-state index contributed by atoms with van der Waals surface area (Å²) >= 11 is 12.9. The Morgan fingerprint density at radius 2 is 1.67 bits per heavy atom. The van der Waals surface area contributed by atoms with Gasteiger partial charge in [0.15, 0.2) is 5.78 Å². The molecule has 0 fully saturated rings. The van der Waals surface area contributed by atoms with Gasteiger partial charge in [-0.1, -0.05) is 59.6 Å².